The third-order valence-corrected chi connectivity index (χ3v) is 5.81. The molecule has 2 N–H and O–H groups in total. The molecular weight excluding hydrogens is 368 g/mol. The van der Waals surface area contributed by atoms with E-state index in [9.17, 15) is 22.0 Å². The molecule has 0 aliphatic carbocycles. The van der Waals surface area contributed by atoms with Crippen molar-refractivity contribution in [1.29, 1.82) is 0 Å². The number of fused-ring (bicyclic) bond motifs is 1. The van der Waals surface area contributed by atoms with E-state index in [2.05, 4.69) is 10.0 Å². The van der Waals surface area contributed by atoms with Gasteiger partial charge < -0.3 is 14.6 Å². The Labute approximate surface area is 149 Å². The molecule has 2 aromatic rings. The van der Waals surface area contributed by atoms with Gasteiger partial charge in [-0.05, 0) is 26.0 Å². The molecule has 0 saturated heterocycles. The molecule has 0 saturated carbocycles. The number of benzene rings is 1. The molecule has 1 atom stereocenters. The molecule has 2 heterocycles. The second-order valence-electron chi connectivity index (χ2n) is 6.07. The molecule has 10 heteroatoms. The van der Waals surface area contributed by atoms with Crippen LogP contribution in [-0.4, -0.2) is 31.5 Å². The van der Waals surface area contributed by atoms with Crippen molar-refractivity contribution in [2.45, 2.75) is 24.8 Å². The third-order valence-electron chi connectivity index (χ3n) is 4.08. The van der Waals surface area contributed by atoms with Gasteiger partial charge in [-0.3, -0.25) is 4.79 Å². The maximum atomic E-state index is 13.3. The Morgan fingerprint density at radius 1 is 1.35 bits per heavy atom. The van der Waals surface area contributed by atoms with Gasteiger partial charge >= 0.3 is 0 Å². The summed E-state index contributed by atoms with van der Waals surface area (Å²) in [5.41, 5.74) is 0.322. The maximum absolute atomic E-state index is 13.3. The van der Waals surface area contributed by atoms with Crippen molar-refractivity contribution < 1.29 is 26.7 Å². The molecule has 7 nitrogen and oxygen atoms in total. The number of amides is 1. The molecule has 0 radical (unpaired) electrons. The monoisotopic (exact) mass is 385 g/mol. The number of halogens is 2. The van der Waals surface area contributed by atoms with E-state index in [-0.39, 0.29) is 28.6 Å². The molecular formula is C16H17F2N3O4S. The lowest BCUT2D eigenvalue weighted by Crippen LogP contribution is -2.34. The minimum absolute atomic E-state index is 0.0262. The lowest BCUT2D eigenvalue weighted by molar-refractivity contribution is 0.101. The predicted molar refractivity (Wildman–Crippen MR) is 89.7 cm³/mol. The van der Waals surface area contributed by atoms with Crippen LogP contribution in [-0.2, 0) is 17.1 Å². The number of sulfonamides is 1. The zero-order valence-corrected chi connectivity index (χ0v) is 15.1. The van der Waals surface area contributed by atoms with Crippen molar-refractivity contribution in [2.24, 2.45) is 7.05 Å². The zero-order chi connectivity index (χ0) is 19.2. The highest BCUT2D eigenvalue weighted by molar-refractivity contribution is 7.89. The number of nitrogens with zero attached hydrogens (tertiary/aromatic N) is 1. The number of carbonyl (C=O) groups excluding carboxylic acids is 1. The average molecular weight is 385 g/mol. The number of anilines is 1. The molecule has 140 valence electrons. The van der Waals surface area contributed by atoms with Crippen LogP contribution in [0.25, 0.3) is 0 Å². The number of aromatic nitrogens is 1. The van der Waals surface area contributed by atoms with Crippen molar-refractivity contribution in [3.05, 3.63) is 41.2 Å². The van der Waals surface area contributed by atoms with Gasteiger partial charge in [-0.25, -0.2) is 21.9 Å². The number of carbonyl (C=O) groups is 1. The fraction of sp³-hybridized carbons (Fsp3) is 0.312. The van der Waals surface area contributed by atoms with Crippen LogP contribution >= 0.6 is 0 Å². The van der Waals surface area contributed by atoms with E-state index in [0.29, 0.717) is 5.69 Å². The van der Waals surface area contributed by atoms with E-state index < -0.39 is 33.6 Å². The summed E-state index contributed by atoms with van der Waals surface area (Å²) in [5.74, 6) is -2.92. The maximum Gasteiger partial charge on any atom is 0.276 e. The van der Waals surface area contributed by atoms with Crippen molar-refractivity contribution in [1.82, 2.24) is 9.29 Å². The van der Waals surface area contributed by atoms with Crippen LogP contribution in [0, 0.1) is 18.6 Å². The van der Waals surface area contributed by atoms with Crippen LogP contribution in [0.4, 0.5) is 14.5 Å². The third kappa shape index (κ3) is 3.06. The summed E-state index contributed by atoms with van der Waals surface area (Å²) >= 11 is 0. The first-order valence-corrected chi connectivity index (χ1v) is 9.21. The summed E-state index contributed by atoms with van der Waals surface area (Å²) in [6, 6.07) is 2.45. The van der Waals surface area contributed by atoms with Gasteiger partial charge in [0.15, 0.2) is 23.1 Å². The van der Waals surface area contributed by atoms with E-state index in [1.165, 1.54) is 17.7 Å². The van der Waals surface area contributed by atoms with Crippen molar-refractivity contribution in [3.8, 4) is 5.75 Å². The Morgan fingerprint density at radius 3 is 2.69 bits per heavy atom. The Kier molecular flexibility index (Phi) is 4.49. The van der Waals surface area contributed by atoms with Gasteiger partial charge in [-0.1, -0.05) is 0 Å². The Morgan fingerprint density at radius 2 is 2.04 bits per heavy atom. The molecule has 26 heavy (non-hydrogen) atoms. The van der Waals surface area contributed by atoms with E-state index in [1.807, 2.05) is 0 Å². The Bertz CT molecular complexity index is 1000. The molecule has 1 amide bonds. The highest BCUT2D eigenvalue weighted by Crippen LogP contribution is 2.36. The van der Waals surface area contributed by atoms with Gasteiger partial charge in [0.25, 0.3) is 5.91 Å². The summed E-state index contributed by atoms with van der Waals surface area (Å²) in [7, 11) is -2.34. The molecule has 1 aliphatic rings. The van der Waals surface area contributed by atoms with Crippen molar-refractivity contribution in [2.75, 3.05) is 11.9 Å². The van der Waals surface area contributed by atoms with Gasteiger partial charge in [-0.15, -0.1) is 0 Å². The van der Waals surface area contributed by atoms with Gasteiger partial charge in [0, 0.05) is 24.5 Å². The van der Waals surface area contributed by atoms with E-state index in [0.717, 1.165) is 12.1 Å². The molecule has 1 aromatic carbocycles. The second-order valence-corrected chi connectivity index (χ2v) is 7.72. The number of hydrogen-bond donors (Lipinski definition) is 2. The van der Waals surface area contributed by atoms with E-state index >= 15 is 0 Å². The first-order chi connectivity index (χ1) is 12.1. The lowest BCUT2D eigenvalue weighted by Gasteiger charge is -2.12. The summed E-state index contributed by atoms with van der Waals surface area (Å²) < 4.78 is 60.9. The van der Waals surface area contributed by atoms with Gasteiger partial charge in [0.2, 0.25) is 10.0 Å². The fourth-order valence-corrected chi connectivity index (χ4v) is 4.42. The summed E-state index contributed by atoms with van der Waals surface area (Å²) in [6.45, 7) is 3.23. The normalized spacial score (nSPS) is 18.6. The first kappa shape index (κ1) is 18.3. The quantitative estimate of drug-likeness (QED) is 0.827. The van der Waals surface area contributed by atoms with Crippen LogP contribution < -0.4 is 14.8 Å². The first-order valence-electron chi connectivity index (χ1n) is 7.72. The number of ether oxygens (including phenoxy) is 1. The SMILES string of the molecule is Cc1c2c(c(C(=O)Nc3ccc(F)c(F)c3)n1C)OC[C@H](C)NS2(=O)=O. The minimum Gasteiger partial charge on any atom is -0.488 e. The van der Waals surface area contributed by atoms with Crippen LogP contribution in [0.2, 0.25) is 0 Å². The van der Waals surface area contributed by atoms with Crippen LogP contribution in [0.15, 0.2) is 23.1 Å². The van der Waals surface area contributed by atoms with E-state index in [1.54, 1.807) is 13.8 Å². The largest absolute Gasteiger partial charge is 0.488 e. The van der Waals surface area contributed by atoms with Crippen LogP contribution in [0.5, 0.6) is 5.75 Å². The van der Waals surface area contributed by atoms with Crippen LogP contribution in [0.3, 0.4) is 0 Å². The summed E-state index contributed by atoms with van der Waals surface area (Å²) in [6.07, 6.45) is 0. The standard InChI is InChI=1S/C16H17F2N3O4S/c1-8-7-25-14-13(21(3)9(2)15(14)26(23,24)20-8)16(22)19-10-4-5-11(17)12(18)6-10/h4-6,8,20H,7H2,1-3H3,(H,19,22)/t8-/m0/s1. The average Bonchev–Trinajstić information content (AvgIpc) is 2.73. The molecule has 1 aromatic heterocycles. The summed E-state index contributed by atoms with van der Waals surface area (Å²) in [5, 5.41) is 2.43. The highest BCUT2D eigenvalue weighted by Gasteiger charge is 2.36. The van der Waals surface area contributed by atoms with Gasteiger partial charge in [-0.2, -0.15) is 0 Å². The van der Waals surface area contributed by atoms with Crippen molar-refractivity contribution >= 4 is 21.6 Å². The summed E-state index contributed by atoms with van der Waals surface area (Å²) in [4.78, 5) is 12.6. The molecule has 0 bridgehead atoms. The lowest BCUT2D eigenvalue weighted by atomic mass is 10.2. The molecule has 0 fully saturated rings. The molecule has 1 aliphatic heterocycles. The highest BCUT2D eigenvalue weighted by atomic mass is 32.2. The Hall–Kier alpha value is -2.46. The smallest absolute Gasteiger partial charge is 0.276 e. The number of hydrogen-bond acceptors (Lipinski definition) is 4. The minimum atomic E-state index is -3.86. The molecule has 0 spiro atoms. The zero-order valence-electron chi connectivity index (χ0n) is 14.3. The van der Waals surface area contributed by atoms with Crippen molar-refractivity contribution in [3.63, 3.8) is 0 Å². The van der Waals surface area contributed by atoms with E-state index in [4.69, 9.17) is 4.74 Å². The topological polar surface area (TPSA) is 89.4 Å². The second kappa shape index (κ2) is 6.36. The molecule has 0 unspecified atom stereocenters. The predicted octanol–water partition coefficient (Wildman–Crippen LogP) is 1.92. The van der Waals surface area contributed by atoms with Gasteiger partial charge in [0.1, 0.15) is 11.5 Å². The van der Waals surface area contributed by atoms with Gasteiger partial charge in [0.05, 0.1) is 6.04 Å². The fourth-order valence-electron chi connectivity index (χ4n) is 2.78. The van der Waals surface area contributed by atoms with Crippen LogP contribution in [0.1, 0.15) is 23.1 Å². The Balaban J connectivity index is 2.06. The molecule has 3 rings (SSSR count). The number of nitrogens with one attached hydrogen (secondary N) is 2. The number of rotatable bonds is 2.